The van der Waals surface area contributed by atoms with Gasteiger partial charge in [0, 0.05) is 41.8 Å². The predicted molar refractivity (Wildman–Crippen MR) is 151 cm³/mol. The summed E-state index contributed by atoms with van der Waals surface area (Å²) in [6.07, 6.45) is 3.96. The summed E-state index contributed by atoms with van der Waals surface area (Å²) in [6, 6.07) is 10.8. The van der Waals surface area contributed by atoms with Crippen LogP contribution in [0.25, 0.3) is 27.9 Å². The monoisotopic (exact) mass is 586 g/mol. The molecule has 9 nitrogen and oxygen atoms in total. The van der Waals surface area contributed by atoms with Crippen LogP contribution in [0.15, 0.2) is 60.9 Å². The van der Waals surface area contributed by atoms with Crippen molar-refractivity contribution in [2.45, 2.75) is 25.3 Å². The fourth-order valence-corrected chi connectivity index (χ4v) is 5.15. The lowest BCUT2D eigenvalue weighted by atomic mass is 9.99. The van der Waals surface area contributed by atoms with Gasteiger partial charge in [-0.1, -0.05) is 0 Å². The lowest BCUT2D eigenvalue weighted by Crippen LogP contribution is -2.36. The molecule has 218 valence electrons. The van der Waals surface area contributed by atoms with Crippen molar-refractivity contribution in [2.75, 3.05) is 14.2 Å². The summed E-state index contributed by atoms with van der Waals surface area (Å²) in [4.78, 5) is 35.2. The van der Waals surface area contributed by atoms with Crippen LogP contribution in [0.1, 0.15) is 44.9 Å². The molecule has 2 N–H and O–H groups in total. The molecule has 4 aromatic heterocycles. The lowest BCUT2D eigenvalue weighted by Gasteiger charge is -2.19. The normalized spacial score (nSPS) is 13.5. The highest BCUT2D eigenvalue weighted by Gasteiger charge is 2.47. The number of pyridine rings is 3. The molecule has 0 atom stereocenters. The Bertz CT molecular complexity index is 1920. The molecule has 2 amide bonds. The first-order chi connectivity index (χ1) is 20.7. The fourth-order valence-electron chi connectivity index (χ4n) is 5.15. The third-order valence-corrected chi connectivity index (χ3v) is 7.53. The summed E-state index contributed by atoms with van der Waals surface area (Å²) in [5, 5.41) is 9.86. The van der Waals surface area contributed by atoms with E-state index in [0.717, 1.165) is 0 Å². The average Bonchev–Trinajstić information content (AvgIpc) is 3.68. The summed E-state index contributed by atoms with van der Waals surface area (Å²) >= 11 is 0. The van der Waals surface area contributed by atoms with Gasteiger partial charge in [0.2, 0.25) is 5.88 Å². The molecule has 0 radical (unpaired) electrons. The van der Waals surface area contributed by atoms with Crippen LogP contribution in [-0.2, 0) is 5.54 Å². The Morgan fingerprint density at radius 3 is 2.37 bits per heavy atom. The van der Waals surface area contributed by atoms with Crippen LogP contribution < -0.4 is 15.4 Å². The van der Waals surface area contributed by atoms with Gasteiger partial charge in [0.1, 0.15) is 28.4 Å². The highest BCUT2D eigenvalue weighted by Crippen LogP contribution is 2.45. The third kappa shape index (κ3) is 4.84. The topological polar surface area (TPSA) is 111 Å². The van der Waals surface area contributed by atoms with Gasteiger partial charge in [-0.15, -0.1) is 0 Å². The van der Waals surface area contributed by atoms with Gasteiger partial charge in [-0.2, -0.15) is 5.10 Å². The van der Waals surface area contributed by atoms with Crippen molar-refractivity contribution >= 4 is 17.3 Å². The van der Waals surface area contributed by atoms with Crippen LogP contribution in [0, 0.1) is 24.4 Å². The third-order valence-electron chi connectivity index (χ3n) is 7.53. The molecule has 5 aromatic rings. The van der Waals surface area contributed by atoms with Crippen molar-refractivity contribution < 1.29 is 27.5 Å². The van der Waals surface area contributed by atoms with Gasteiger partial charge in [-0.05, 0) is 68.3 Å². The SMILES string of the molecule is CNC(=O)c1c(-c2ccc(F)cc2)nn2ccc(-c3cc(C(=O)NC4(c5cc(F)ccn5)CC4)c(OC)nc3C)c(F)c12. The van der Waals surface area contributed by atoms with E-state index in [-0.39, 0.29) is 39.3 Å². The van der Waals surface area contributed by atoms with E-state index in [1.54, 1.807) is 6.92 Å². The Morgan fingerprint density at radius 1 is 0.977 bits per heavy atom. The highest BCUT2D eigenvalue weighted by atomic mass is 19.1. The van der Waals surface area contributed by atoms with Gasteiger partial charge in [0.05, 0.1) is 23.9 Å². The first-order valence-corrected chi connectivity index (χ1v) is 13.3. The maximum absolute atomic E-state index is 16.4. The van der Waals surface area contributed by atoms with Gasteiger partial charge in [-0.25, -0.2) is 22.7 Å². The van der Waals surface area contributed by atoms with Crippen LogP contribution >= 0.6 is 0 Å². The highest BCUT2D eigenvalue weighted by molar-refractivity contribution is 6.07. The van der Waals surface area contributed by atoms with Crippen molar-refractivity contribution in [1.82, 2.24) is 30.2 Å². The molecule has 0 bridgehead atoms. The van der Waals surface area contributed by atoms with Crippen LogP contribution in [0.4, 0.5) is 13.2 Å². The summed E-state index contributed by atoms with van der Waals surface area (Å²) in [5.74, 6) is -2.82. The van der Waals surface area contributed by atoms with Crippen molar-refractivity contribution in [3.63, 3.8) is 0 Å². The maximum Gasteiger partial charge on any atom is 0.257 e. The van der Waals surface area contributed by atoms with Gasteiger partial charge >= 0.3 is 0 Å². The van der Waals surface area contributed by atoms with Crippen LogP contribution in [0.3, 0.4) is 0 Å². The maximum atomic E-state index is 16.4. The Morgan fingerprint density at radius 2 is 1.72 bits per heavy atom. The van der Waals surface area contributed by atoms with Gasteiger partial charge in [-0.3, -0.25) is 14.6 Å². The fraction of sp³-hybridized carbons (Fsp3) is 0.194. The molecular formula is C31H25F3N6O3. The predicted octanol–water partition coefficient (Wildman–Crippen LogP) is 4.97. The zero-order valence-corrected chi connectivity index (χ0v) is 23.3. The van der Waals surface area contributed by atoms with Crippen LogP contribution in [0.2, 0.25) is 0 Å². The molecular weight excluding hydrogens is 561 g/mol. The molecule has 1 aliphatic rings. The first-order valence-electron chi connectivity index (χ1n) is 13.3. The molecule has 1 saturated carbocycles. The first kappa shape index (κ1) is 27.9. The number of hydrogen-bond acceptors (Lipinski definition) is 6. The van der Waals surface area contributed by atoms with E-state index in [1.807, 2.05) is 0 Å². The van der Waals surface area contributed by atoms with Gasteiger partial charge in [0.25, 0.3) is 11.8 Å². The number of aryl methyl sites for hydroxylation is 1. The smallest absolute Gasteiger partial charge is 0.257 e. The molecule has 1 fully saturated rings. The Balaban J connectivity index is 1.46. The molecule has 6 rings (SSSR count). The minimum Gasteiger partial charge on any atom is -0.480 e. The summed E-state index contributed by atoms with van der Waals surface area (Å²) in [5.41, 5.74) is 0.766. The number of nitrogens with zero attached hydrogens (tertiary/aromatic N) is 4. The molecule has 4 heterocycles. The number of hydrogen-bond donors (Lipinski definition) is 2. The Kier molecular flexibility index (Phi) is 6.83. The molecule has 0 spiro atoms. The number of benzene rings is 1. The van der Waals surface area contributed by atoms with Crippen molar-refractivity contribution in [3.8, 4) is 28.3 Å². The molecule has 0 saturated heterocycles. The minimum atomic E-state index is -0.837. The number of rotatable bonds is 7. The number of halogens is 3. The Labute approximate surface area is 243 Å². The van der Waals surface area contributed by atoms with Crippen LogP contribution in [0.5, 0.6) is 5.88 Å². The average molecular weight is 587 g/mol. The number of ether oxygens (including phenoxy) is 1. The molecule has 1 aliphatic carbocycles. The van der Waals surface area contributed by atoms with E-state index < -0.39 is 34.8 Å². The molecule has 0 unspecified atom stereocenters. The zero-order chi connectivity index (χ0) is 30.5. The quantitative estimate of drug-likeness (QED) is 0.279. The van der Waals surface area contributed by atoms with E-state index in [4.69, 9.17) is 4.74 Å². The number of nitrogens with one attached hydrogen (secondary N) is 2. The number of aromatic nitrogens is 4. The molecule has 12 heteroatoms. The zero-order valence-electron chi connectivity index (χ0n) is 23.3. The lowest BCUT2D eigenvalue weighted by molar-refractivity contribution is 0.0924. The second-order valence-corrected chi connectivity index (χ2v) is 10.2. The summed E-state index contributed by atoms with van der Waals surface area (Å²) in [6.45, 7) is 1.64. The van der Waals surface area contributed by atoms with E-state index >= 15 is 4.39 Å². The van der Waals surface area contributed by atoms with Gasteiger partial charge in [0.15, 0.2) is 5.82 Å². The number of carbonyl (C=O) groups excluding carboxylic acids is 2. The van der Waals surface area contributed by atoms with Crippen LogP contribution in [-0.4, -0.2) is 45.6 Å². The van der Waals surface area contributed by atoms with E-state index in [2.05, 4.69) is 25.7 Å². The number of fused-ring (bicyclic) bond motifs is 1. The summed E-state index contributed by atoms with van der Waals surface area (Å²) < 4.78 is 50.5. The number of carbonyl (C=O) groups is 2. The molecule has 43 heavy (non-hydrogen) atoms. The largest absolute Gasteiger partial charge is 0.480 e. The van der Waals surface area contributed by atoms with E-state index in [1.165, 1.54) is 79.6 Å². The Hall–Kier alpha value is -5.26. The van der Waals surface area contributed by atoms with Gasteiger partial charge < -0.3 is 15.4 Å². The minimum absolute atomic E-state index is 0.0252. The van der Waals surface area contributed by atoms with E-state index in [9.17, 15) is 18.4 Å². The number of amides is 2. The van der Waals surface area contributed by atoms with E-state index in [0.29, 0.717) is 29.8 Å². The summed E-state index contributed by atoms with van der Waals surface area (Å²) in [7, 11) is 2.78. The standard InChI is InChI=1S/C31H25F3N6O3/c1-16-21(15-22(30(37-16)43-3)28(41)38-31(10-11-31)23-14-19(33)8-12-36-23)20-9-13-40-27(25(20)34)24(29(42)35-2)26(39-40)17-4-6-18(32)7-5-17/h4-9,12-15H,10-11H2,1-3H3,(H,35,42)(H,38,41). The second-order valence-electron chi connectivity index (χ2n) is 10.2. The van der Waals surface area contributed by atoms with Crippen molar-refractivity contribution in [3.05, 3.63) is 101 Å². The number of methoxy groups -OCH3 is 1. The molecule has 0 aliphatic heterocycles. The van der Waals surface area contributed by atoms with Crippen molar-refractivity contribution in [1.29, 1.82) is 0 Å². The van der Waals surface area contributed by atoms with Crippen molar-refractivity contribution in [2.24, 2.45) is 0 Å². The second kappa shape index (κ2) is 10.5. The molecule has 1 aromatic carbocycles.